The predicted molar refractivity (Wildman–Crippen MR) is 75.0 cm³/mol. The maximum atomic E-state index is 11.7. The predicted octanol–water partition coefficient (Wildman–Crippen LogP) is 2.84. The molecule has 1 aromatic rings. The van der Waals surface area contributed by atoms with E-state index in [0.29, 0.717) is 17.7 Å². The van der Waals surface area contributed by atoms with Crippen LogP contribution in [0.2, 0.25) is 0 Å². The van der Waals surface area contributed by atoms with Gasteiger partial charge >= 0.3 is 11.7 Å². The van der Waals surface area contributed by atoms with Crippen LogP contribution < -0.4 is 4.74 Å². The fourth-order valence-electron chi connectivity index (χ4n) is 1.97. The molecule has 0 bridgehead atoms. The van der Waals surface area contributed by atoms with E-state index in [1.54, 1.807) is 31.2 Å². The zero-order valence-corrected chi connectivity index (χ0v) is 11.6. The number of hydrogen-bond acceptors (Lipinski definition) is 5. The minimum Gasteiger partial charge on any atom is -0.463 e. The van der Waals surface area contributed by atoms with Crippen molar-refractivity contribution >= 4 is 5.97 Å². The van der Waals surface area contributed by atoms with Crippen LogP contribution in [0.15, 0.2) is 53.4 Å². The molecule has 0 unspecified atom stereocenters. The molecule has 1 aliphatic rings. The normalized spacial score (nSPS) is 14.4. The second-order valence-electron chi connectivity index (χ2n) is 4.37. The second-order valence-corrected chi connectivity index (χ2v) is 4.37. The minimum absolute atomic E-state index is 0.201. The first-order chi connectivity index (χ1) is 10.1. The van der Waals surface area contributed by atoms with Crippen LogP contribution in [0.3, 0.4) is 0 Å². The van der Waals surface area contributed by atoms with Gasteiger partial charge in [0.25, 0.3) is 0 Å². The summed E-state index contributed by atoms with van der Waals surface area (Å²) in [6, 6.07) is 8.83. The number of para-hydroxylation sites is 1. The largest absolute Gasteiger partial charge is 0.463 e. The lowest BCUT2D eigenvalue weighted by Gasteiger charge is -2.15. The third-order valence-corrected chi connectivity index (χ3v) is 2.94. The molecule has 0 amide bonds. The third-order valence-electron chi connectivity index (χ3n) is 2.94. The van der Waals surface area contributed by atoms with Gasteiger partial charge < -0.3 is 9.47 Å². The molecule has 6 heteroatoms. The molecule has 0 aliphatic heterocycles. The summed E-state index contributed by atoms with van der Waals surface area (Å²) in [6.45, 7) is 1.93. The van der Waals surface area contributed by atoms with Crippen molar-refractivity contribution in [3.05, 3.63) is 63.6 Å². The van der Waals surface area contributed by atoms with Gasteiger partial charge in [-0.05, 0) is 25.5 Å². The zero-order valence-electron chi connectivity index (χ0n) is 11.6. The van der Waals surface area contributed by atoms with Gasteiger partial charge in [0.2, 0.25) is 0 Å². The zero-order chi connectivity index (χ0) is 15.2. The number of carbonyl (C=O) groups is 1. The molecule has 0 saturated carbocycles. The summed E-state index contributed by atoms with van der Waals surface area (Å²) in [4.78, 5) is 22.3. The Balaban J connectivity index is 2.27. The quantitative estimate of drug-likeness (QED) is 0.473. The monoisotopic (exact) mass is 289 g/mol. The van der Waals surface area contributed by atoms with Crippen molar-refractivity contribution in [2.24, 2.45) is 0 Å². The van der Waals surface area contributed by atoms with Crippen LogP contribution in [0.1, 0.15) is 19.8 Å². The van der Waals surface area contributed by atoms with E-state index in [0.717, 1.165) is 0 Å². The number of ether oxygens (including phenoxy) is 2. The van der Waals surface area contributed by atoms with Crippen LogP contribution in [0.4, 0.5) is 0 Å². The Kier molecular flexibility index (Phi) is 4.71. The number of benzene rings is 1. The molecule has 1 aliphatic carbocycles. The fourth-order valence-corrected chi connectivity index (χ4v) is 1.97. The van der Waals surface area contributed by atoms with E-state index in [9.17, 15) is 14.9 Å². The Morgan fingerprint density at radius 1 is 1.29 bits per heavy atom. The first-order valence-corrected chi connectivity index (χ1v) is 6.60. The molecule has 0 saturated heterocycles. The molecule has 0 aromatic heterocycles. The molecule has 0 heterocycles. The topological polar surface area (TPSA) is 78.7 Å². The van der Waals surface area contributed by atoms with Gasteiger partial charge in [0.1, 0.15) is 5.75 Å². The average molecular weight is 289 g/mol. The number of hydrogen-bond donors (Lipinski definition) is 0. The highest BCUT2D eigenvalue weighted by Crippen LogP contribution is 2.27. The Hall–Kier alpha value is -2.63. The molecule has 1 aromatic carbocycles. The summed E-state index contributed by atoms with van der Waals surface area (Å²) in [5.41, 5.74) is 0.0946. The summed E-state index contributed by atoms with van der Waals surface area (Å²) < 4.78 is 10.4. The smallest absolute Gasteiger partial charge is 0.334 e. The molecular formula is C15H15NO5. The van der Waals surface area contributed by atoms with Crippen LogP contribution in [0.25, 0.3) is 0 Å². The van der Waals surface area contributed by atoms with Crippen molar-refractivity contribution < 1.29 is 19.2 Å². The maximum Gasteiger partial charge on any atom is 0.334 e. The number of esters is 1. The highest BCUT2D eigenvalue weighted by atomic mass is 16.6. The van der Waals surface area contributed by atoms with Crippen molar-refractivity contribution in [2.75, 3.05) is 6.61 Å². The lowest BCUT2D eigenvalue weighted by molar-refractivity contribution is -0.422. The highest BCUT2D eigenvalue weighted by molar-refractivity contribution is 5.89. The van der Waals surface area contributed by atoms with E-state index in [4.69, 9.17) is 9.47 Å². The van der Waals surface area contributed by atoms with Crippen LogP contribution in [-0.2, 0) is 9.53 Å². The van der Waals surface area contributed by atoms with Crippen molar-refractivity contribution in [1.29, 1.82) is 0 Å². The standard InChI is InChI=1S/C15H15NO5/c1-2-20-15(17)11-8-9-14(13(10-11)16(18)19)21-12-6-4-3-5-7-12/h3-7,10H,2,8-9H2,1H3. The van der Waals surface area contributed by atoms with E-state index in [2.05, 4.69) is 0 Å². The Morgan fingerprint density at radius 2 is 2.00 bits per heavy atom. The molecule has 0 spiro atoms. The van der Waals surface area contributed by atoms with E-state index < -0.39 is 10.9 Å². The molecule has 6 nitrogen and oxygen atoms in total. The third kappa shape index (κ3) is 3.68. The Labute approximate surface area is 121 Å². The average Bonchev–Trinajstić information content (AvgIpc) is 2.48. The lowest BCUT2D eigenvalue weighted by Crippen LogP contribution is -2.16. The van der Waals surface area contributed by atoms with E-state index in [1.807, 2.05) is 6.07 Å². The van der Waals surface area contributed by atoms with Gasteiger partial charge in [-0.15, -0.1) is 0 Å². The minimum atomic E-state index is -0.545. The SMILES string of the molecule is CCOC(=O)C1=CC([N+](=O)[O-])=C(Oc2ccccc2)CC1. The first kappa shape index (κ1) is 14.8. The van der Waals surface area contributed by atoms with Gasteiger partial charge in [0.05, 0.1) is 11.5 Å². The molecule has 21 heavy (non-hydrogen) atoms. The summed E-state index contributed by atoms with van der Waals surface area (Å²) in [5, 5.41) is 11.2. The van der Waals surface area contributed by atoms with Gasteiger partial charge in [-0.25, -0.2) is 4.79 Å². The molecular weight excluding hydrogens is 274 g/mol. The number of rotatable bonds is 5. The van der Waals surface area contributed by atoms with Crippen LogP contribution in [0.5, 0.6) is 5.75 Å². The maximum absolute atomic E-state index is 11.7. The number of carbonyl (C=O) groups excluding carboxylic acids is 1. The van der Waals surface area contributed by atoms with Gasteiger partial charge in [0, 0.05) is 18.1 Å². The van der Waals surface area contributed by atoms with Crippen LogP contribution in [-0.4, -0.2) is 17.5 Å². The van der Waals surface area contributed by atoms with E-state index >= 15 is 0 Å². The summed E-state index contributed by atoms with van der Waals surface area (Å²) in [7, 11) is 0. The number of allylic oxidation sites excluding steroid dienone is 2. The van der Waals surface area contributed by atoms with Crippen molar-refractivity contribution in [3.63, 3.8) is 0 Å². The fraction of sp³-hybridized carbons (Fsp3) is 0.267. The molecule has 0 fully saturated rings. The Bertz CT molecular complexity index is 604. The molecule has 0 atom stereocenters. The van der Waals surface area contributed by atoms with Crippen LogP contribution in [0, 0.1) is 10.1 Å². The van der Waals surface area contributed by atoms with Crippen molar-refractivity contribution in [2.45, 2.75) is 19.8 Å². The van der Waals surface area contributed by atoms with Gasteiger partial charge in [-0.3, -0.25) is 10.1 Å². The van der Waals surface area contributed by atoms with Crippen LogP contribution >= 0.6 is 0 Å². The molecule has 0 N–H and O–H groups in total. The summed E-state index contributed by atoms with van der Waals surface area (Å²) in [5.74, 6) is 0.259. The van der Waals surface area contributed by atoms with Crippen molar-refractivity contribution in [3.8, 4) is 5.75 Å². The lowest BCUT2D eigenvalue weighted by atomic mass is 10.0. The first-order valence-electron chi connectivity index (χ1n) is 6.60. The van der Waals surface area contributed by atoms with Crippen molar-refractivity contribution in [1.82, 2.24) is 0 Å². The van der Waals surface area contributed by atoms with E-state index in [-0.39, 0.29) is 24.5 Å². The molecule has 0 radical (unpaired) electrons. The molecule has 2 rings (SSSR count). The number of nitro groups is 1. The van der Waals surface area contributed by atoms with Gasteiger partial charge in [0.15, 0.2) is 5.76 Å². The van der Waals surface area contributed by atoms with E-state index in [1.165, 1.54) is 6.08 Å². The van der Waals surface area contributed by atoms with Gasteiger partial charge in [-0.1, -0.05) is 18.2 Å². The highest BCUT2D eigenvalue weighted by Gasteiger charge is 2.27. The Morgan fingerprint density at radius 3 is 2.62 bits per heavy atom. The summed E-state index contributed by atoms with van der Waals surface area (Å²) in [6.07, 6.45) is 1.88. The summed E-state index contributed by atoms with van der Waals surface area (Å²) >= 11 is 0. The molecule has 110 valence electrons. The van der Waals surface area contributed by atoms with Gasteiger partial charge in [-0.2, -0.15) is 0 Å². The number of nitrogens with zero attached hydrogens (tertiary/aromatic N) is 1. The second kappa shape index (κ2) is 6.69.